The fourth-order valence-electron chi connectivity index (χ4n) is 1.98. The number of halogens is 1. The molecule has 0 aromatic heterocycles. The molecule has 1 aliphatic rings. The minimum atomic E-state index is 0. The van der Waals surface area contributed by atoms with E-state index in [-0.39, 0.29) is 24.0 Å². The van der Waals surface area contributed by atoms with Crippen LogP contribution >= 0.6 is 24.0 Å². The third kappa shape index (κ3) is 4.89. The van der Waals surface area contributed by atoms with Crippen molar-refractivity contribution in [3.8, 4) is 5.75 Å². The minimum absolute atomic E-state index is 0. The maximum Gasteiger partial charge on any atom is 0.191 e. The summed E-state index contributed by atoms with van der Waals surface area (Å²) in [7, 11) is 0. The number of benzene rings is 1. The fraction of sp³-hybridized carbons (Fsp3) is 0.500. The van der Waals surface area contributed by atoms with E-state index in [1.807, 2.05) is 13.0 Å². The number of aryl methyl sites for hydroxylation is 1. The smallest absolute Gasteiger partial charge is 0.191 e. The molecule has 1 aliphatic heterocycles. The highest BCUT2D eigenvalue weighted by atomic mass is 127. The van der Waals surface area contributed by atoms with Gasteiger partial charge >= 0.3 is 0 Å². The van der Waals surface area contributed by atoms with Gasteiger partial charge in [0.2, 0.25) is 0 Å². The highest BCUT2D eigenvalue weighted by Gasteiger charge is 2.04. The summed E-state index contributed by atoms with van der Waals surface area (Å²) in [6, 6.07) is 6.28. The van der Waals surface area contributed by atoms with Crippen LogP contribution in [0.5, 0.6) is 5.75 Å². The van der Waals surface area contributed by atoms with Crippen LogP contribution in [0.1, 0.15) is 24.5 Å². The number of aliphatic imine (C=N–C) groups is 1. The molecule has 0 saturated carbocycles. The van der Waals surface area contributed by atoms with E-state index >= 15 is 0 Å². The Morgan fingerprint density at radius 2 is 2.26 bits per heavy atom. The van der Waals surface area contributed by atoms with E-state index in [2.05, 4.69) is 34.7 Å². The molecule has 0 amide bonds. The van der Waals surface area contributed by atoms with Gasteiger partial charge in [-0.25, -0.2) is 0 Å². The van der Waals surface area contributed by atoms with Gasteiger partial charge in [-0.05, 0) is 37.5 Å². The van der Waals surface area contributed by atoms with E-state index in [1.54, 1.807) is 0 Å². The normalized spacial score (nSPS) is 13.9. The van der Waals surface area contributed by atoms with Crippen molar-refractivity contribution in [1.29, 1.82) is 0 Å². The third-order valence-electron chi connectivity index (χ3n) is 2.90. The molecule has 19 heavy (non-hydrogen) atoms. The Kier molecular flexibility index (Phi) is 6.97. The third-order valence-corrected chi connectivity index (χ3v) is 2.90. The van der Waals surface area contributed by atoms with Gasteiger partial charge in [-0.2, -0.15) is 0 Å². The topological polar surface area (TPSA) is 45.6 Å². The highest BCUT2D eigenvalue weighted by Crippen LogP contribution is 2.18. The Bertz CT molecular complexity index is 435. The first-order chi connectivity index (χ1) is 8.79. The summed E-state index contributed by atoms with van der Waals surface area (Å²) in [6.07, 6.45) is 1.12. The largest absolute Gasteiger partial charge is 0.494 e. The molecule has 0 aliphatic carbocycles. The van der Waals surface area contributed by atoms with E-state index in [0.717, 1.165) is 37.8 Å². The predicted molar refractivity (Wildman–Crippen MR) is 89.5 cm³/mol. The summed E-state index contributed by atoms with van der Waals surface area (Å²) in [5, 5.41) is 6.56. The van der Waals surface area contributed by atoms with E-state index in [1.165, 1.54) is 11.1 Å². The van der Waals surface area contributed by atoms with Crippen LogP contribution in [0.15, 0.2) is 23.2 Å². The molecule has 0 radical (unpaired) electrons. The van der Waals surface area contributed by atoms with Crippen LogP contribution in [0.25, 0.3) is 0 Å². The molecule has 2 N–H and O–H groups in total. The van der Waals surface area contributed by atoms with Gasteiger partial charge in [0.1, 0.15) is 5.75 Å². The van der Waals surface area contributed by atoms with Gasteiger partial charge in [-0.3, -0.25) is 4.99 Å². The van der Waals surface area contributed by atoms with Crippen molar-refractivity contribution in [2.45, 2.75) is 26.8 Å². The fourth-order valence-corrected chi connectivity index (χ4v) is 1.98. The number of ether oxygens (including phenoxy) is 1. The first-order valence-electron chi connectivity index (χ1n) is 6.54. The summed E-state index contributed by atoms with van der Waals surface area (Å²) in [5.41, 5.74) is 2.42. The van der Waals surface area contributed by atoms with Crippen LogP contribution < -0.4 is 15.4 Å². The Balaban J connectivity index is 0.00000180. The van der Waals surface area contributed by atoms with Crippen LogP contribution in [0.2, 0.25) is 0 Å². The van der Waals surface area contributed by atoms with Gasteiger partial charge in [-0.1, -0.05) is 12.1 Å². The van der Waals surface area contributed by atoms with E-state index < -0.39 is 0 Å². The Hall–Kier alpha value is -0.980. The SMILES string of the molecule is CCOc1ccc(CNC2=NCCCN2)cc1C.I. The van der Waals surface area contributed by atoms with E-state index in [9.17, 15) is 0 Å². The van der Waals surface area contributed by atoms with Crippen LogP contribution in [0.4, 0.5) is 0 Å². The molecule has 0 atom stereocenters. The molecule has 0 spiro atoms. The number of nitrogens with one attached hydrogen (secondary N) is 2. The zero-order chi connectivity index (χ0) is 12.8. The van der Waals surface area contributed by atoms with Gasteiger partial charge in [0, 0.05) is 19.6 Å². The van der Waals surface area contributed by atoms with Crippen LogP contribution in [0, 0.1) is 6.92 Å². The average molecular weight is 375 g/mol. The molecule has 0 saturated heterocycles. The van der Waals surface area contributed by atoms with Crippen LogP contribution in [0.3, 0.4) is 0 Å². The molecule has 2 rings (SSSR count). The van der Waals surface area contributed by atoms with E-state index in [0.29, 0.717) is 6.61 Å². The van der Waals surface area contributed by atoms with Crippen molar-refractivity contribution < 1.29 is 4.74 Å². The summed E-state index contributed by atoms with van der Waals surface area (Å²) in [4.78, 5) is 4.38. The van der Waals surface area contributed by atoms with E-state index in [4.69, 9.17) is 4.74 Å². The summed E-state index contributed by atoms with van der Waals surface area (Å²) in [5.74, 6) is 1.88. The van der Waals surface area contributed by atoms with Crippen LogP contribution in [-0.2, 0) is 6.54 Å². The molecule has 0 bridgehead atoms. The van der Waals surface area contributed by atoms with Gasteiger partial charge in [0.15, 0.2) is 5.96 Å². The lowest BCUT2D eigenvalue weighted by molar-refractivity contribution is 0.338. The summed E-state index contributed by atoms with van der Waals surface area (Å²) >= 11 is 0. The standard InChI is InChI=1S/C14H21N3O.HI/c1-3-18-13-6-5-12(9-11(13)2)10-17-14-15-7-4-8-16-14;/h5-6,9H,3-4,7-8,10H2,1-2H3,(H2,15,16,17);1H. The molecule has 1 aromatic carbocycles. The summed E-state index contributed by atoms with van der Waals surface area (Å²) < 4.78 is 5.53. The van der Waals surface area contributed by atoms with Gasteiger partial charge in [-0.15, -0.1) is 24.0 Å². The molecule has 106 valence electrons. The second kappa shape index (κ2) is 8.24. The first-order valence-corrected chi connectivity index (χ1v) is 6.54. The Labute approximate surface area is 132 Å². The molecule has 5 heteroatoms. The average Bonchev–Trinajstić information content (AvgIpc) is 2.41. The van der Waals surface area contributed by atoms with Crippen molar-refractivity contribution in [3.63, 3.8) is 0 Å². The molecule has 1 heterocycles. The second-order valence-electron chi connectivity index (χ2n) is 4.40. The van der Waals surface area contributed by atoms with Gasteiger partial charge in [0.05, 0.1) is 6.61 Å². The zero-order valence-corrected chi connectivity index (χ0v) is 13.9. The maximum absolute atomic E-state index is 5.53. The first kappa shape index (κ1) is 16.1. The Morgan fingerprint density at radius 1 is 1.42 bits per heavy atom. The quantitative estimate of drug-likeness (QED) is 0.795. The number of nitrogens with zero attached hydrogens (tertiary/aromatic N) is 1. The number of guanidine groups is 1. The number of hydrogen-bond acceptors (Lipinski definition) is 4. The number of rotatable bonds is 4. The van der Waals surface area contributed by atoms with Gasteiger partial charge in [0.25, 0.3) is 0 Å². The molecular weight excluding hydrogens is 353 g/mol. The Morgan fingerprint density at radius 3 is 2.89 bits per heavy atom. The highest BCUT2D eigenvalue weighted by molar-refractivity contribution is 14.0. The number of hydrogen-bond donors (Lipinski definition) is 2. The van der Waals surface area contributed by atoms with Crippen molar-refractivity contribution in [3.05, 3.63) is 29.3 Å². The molecule has 4 nitrogen and oxygen atoms in total. The van der Waals surface area contributed by atoms with Crippen molar-refractivity contribution >= 4 is 29.9 Å². The van der Waals surface area contributed by atoms with Gasteiger partial charge < -0.3 is 15.4 Å². The van der Waals surface area contributed by atoms with Crippen molar-refractivity contribution in [2.24, 2.45) is 4.99 Å². The zero-order valence-electron chi connectivity index (χ0n) is 11.5. The molecule has 0 fully saturated rings. The maximum atomic E-state index is 5.53. The lowest BCUT2D eigenvalue weighted by Crippen LogP contribution is -2.40. The lowest BCUT2D eigenvalue weighted by Gasteiger charge is -2.16. The lowest BCUT2D eigenvalue weighted by atomic mass is 10.1. The molecule has 0 unspecified atom stereocenters. The minimum Gasteiger partial charge on any atom is -0.494 e. The second-order valence-corrected chi connectivity index (χ2v) is 4.40. The summed E-state index contributed by atoms with van der Waals surface area (Å²) in [6.45, 7) is 7.50. The molecule has 1 aromatic rings. The monoisotopic (exact) mass is 375 g/mol. The van der Waals surface area contributed by atoms with Crippen molar-refractivity contribution in [1.82, 2.24) is 10.6 Å². The van der Waals surface area contributed by atoms with Crippen LogP contribution in [-0.4, -0.2) is 25.7 Å². The predicted octanol–water partition coefficient (Wildman–Crippen LogP) is 2.45. The molecular formula is C14H22IN3O. The van der Waals surface area contributed by atoms with Crippen molar-refractivity contribution in [2.75, 3.05) is 19.7 Å².